The Hall–Kier alpha value is -1.77. The van der Waals surface area contributed by atoms with Crippen molar-refractivity contribution < 1.29 is 4.42 Å². The predicted molar refractivity (Wildman–Crippen MR) is 61.4 cm³/mol. The van der Waals surface area contributed by atoms with Crippen molar-refractivity contribution in [2.75, 3.05) is 11.9 Å². The van der Waals surface area contributed by atoms with Gasteiger partial charge in [-0.2, -0.15) is 0 Å². The lowest BCUT2D eigenvalue weighted by Gasteiger charge is -2.07. The molecular weight excluding hydrogens is 190 g/mol. The summed E-state index contributed by atoms with van der Waals surface area (Å²) in [6, 6.07) is 7.55. The van der Waals surface area contributed by atoms with Crippen LogP contribution in [0.5, 0.6) is 0 Å². The summed E-state index contributed by atoms with van der Waals surface area (Å²) in [4.78, 5) is 11.6. The summed E-state index contributed by atoms with van der Waals surface area (Å²) in [6.45, 7) is 4.59. The molecule has 0 saturated carbocycles. The minimum Gasteiger partial charge on any atom is -0.421 e. The number of nitrogens with one attached hydrogen (secondary N) is 1. The summed E-state index contributed by atoms with van der Waals surface area (Å²) < 4.78 is 5.21. The van der Waals surface area contributed by atoms with Crippen LogP contribution in [0.3, 0.4) is 0 Å². The highest BCUT2D eigenvalue weighted by molar-refractivity contribution is 5.84. The number of rotatable bonds is 2. The zero-order valence-electron chi connectivity index (χ0n) is 8.83. The summed E-state index contributed by atoms with van der Waals surface area (Å²) in [5.74, 6) is 0. The van der Waals surface area contributed by atoms with Crippen molar-refractivity contribution >= 4 is 16.7 Å². The van der Waals surface area contributed by atoms with Crippen molar-refractivity contribution in [2.45, 2.75) is 13.8 Å². The fourth-order valence-electron chi connectivity index (χ4n) is 1.69. The summed E-state index contributed by atoms with van der Waals surface area (Å²) in [6.07, 6.45) is 0. The number of hydrogen-bond acceptors (Lipinski definition) is 3. The molecule has 0 fully saturated rings. The molecule has 0 radical (unpaired) electrons. The normalized spacial score (nSPS) is 10.5. The lowest BCUT2D eigenvalue weighted by molar-refractivity contribution is 0.562. The third-order valence-electron chi connectivity index (χ3n) is 2.43. The molecule has 0 spiro atoms. The average molecular weight is 203 g/mol. The zero-order chi connectivity index (χ0) is 10.8. The fourth-order valence-corrected chi connectivity index (χ4v) is 1.69. The van der Waals surface area contributed by atoms with E-state index in [1.165, 1.54) is 0 Å². The largest absolute Gasteiger partial charge is 0.421 e. The van der Waals surface area contributed by atoms with Crippen LogP contribution in [0, 0.1) is 6.92 Å². The summed E-state index contributed by atoms with van der Waals surface area (Å²) >= 11 is 0. The van der Waals surface area contributed by atoms with Gasteiger partial charge in [-0.1, -0.05) is 18.2 Å². The standard InChI is InChI=1S/C12H13NO2/c1-3-13-11-8(2)9-6-4-5-7-10(9)15-12(11)14/h4-7,13H,3H2,1-2H3. The second-order valence-electron chi connectivity index (χ2n) is 3.42. The second kappa shape index (κ2) is 3.77. The molecule has 15 heavy (non-hydrogen) atoms. The van der Waals surface area contributed by atoms with E-state index in [4.69, 9.17) is 4.42 Å². The van der Waals surface area contributed by atoms with E-state index >= 15 is 0 Å². The van der Waals surface area contributed by atoms with Crippen molar-refractivity contribution in [1.29, 1.82) is 0 Å². The summed E-state index contributed by atoms with van der Waals surface area (Å²) in [5.41, 5.74) is 1.86. The fraction of sp³-hybridized carbons (Fsp3) is 0.250. The highest BCUT2D eigenvalue weighted by atomic mass is 16.4. The van der Waals surface area contributed by atoms with E-state index in [1.54, 1.807) is 6.07 Å². The Kier molecular flexibility index (Phi) is 2.46. The Morgan fingerprint density at radius 2 is 2.07 bits per heavy atom. The van der Waals surface area contributed by atoms with Crippen LogP contribution in [0.4, 0.5) is 5.69 Å². The predicted octanol–water partition coefficient (Wildman–Crippen LogP) is 2.53. The Morgan fingerprint density at radius 1 is 1.33 bits per heavy atom. The van der Waals surface area contributed by atoms with E-state index < -0.39 is 0 Å². The van der Waals surface area contributed by atoms with Crippen LogP contribution in [0.1, 0.15) is 12.5 Å². The molecule has 3 nitrogen and oxygen atoms in total. The van der Waals surface area contributed by atoms with Crippen LogP contribution in [0.15, 0.2) is 33.5 Å². The van der Waals surface area contributed by atoms with E-state index in [-0.39, 0.29) is 5.63 Å². The minimum absolute atomic E-state index is 0.298. The van der Waals surface area contributed by atoms with Gasteiger partial charge >= 0.3 is 5.63 Å². The van der Waals surface area contributed by atoms with Crippen LogP contribution in [-0.2, 0) is 0 Å². The van der Waals surface area contributed by atoms with Gasteiger partial charge in [-0.3, -0.25) is 0 Å². The van der Waals surface area contributed by atoms with Crippen LogP contribution >= 0.6 is 0 Å². The molecule has 78 valence electrons. The Balaban J connectivity index is 2.78. The zero-order valence-corrected chi connectivity index (χ0v) is 8.83. The molecule has 0 aliphatic rings. The molecule has 2 aromatic rings. The number of anilines is 1. The molecule has 1 N–H and O–H groups in total. The number of hydrogen-bond donors (Lipinski definition) is 1. The molecule has 1 heterocycles. The second-order valence-corrected chi connectivity index (χ2v) is 3.42. The molecule has 0 saturated heterocycles. The van der Waals surface area contributed by atoms with Gasteiger partial charge in [0, 0.05) is 11.9 Å². The van der Waals surface area contributed by atoms with Crippen LogP contribution < -0.4 is 10.9 Å². The van der Waals surface area contributed by atoms with Crippen molar-refractivity contribution in [1.82, 2.24) is 0 Å². The number of aryl methyl sites for hydroxylation is 1. The van der Waals surface area contributed by atoms with Crippen molar-refractivity contribution in [3.63, 3.8) is 0 Å². The number of benzene rings is 1. The molecule has 1 aromatic carbocycles. The molecule has 0 atom stereocenters. The van der Waals surface area contributed by atoms with Gasteiger partial charge in [0.05, 0.1) is 0 Å². The van der Waals surface area contributed by atoms with Crippen molar-refractivity contribution in [3.05, 3.63) is 40.2 Å². The third kappa shape index (κ3) is 1.61. The first-order valence-corrected chi connectivity index (χ1v) is 5.00. The molecule has 3 heteroatoms. The topological polar surface area (TPSA) is 42.2 Å². The van der Waals surface area contributed by atoms with Gasteiger partial charge in [0.25, 0.3) is 0 Å². The van der Waals surface area contributed by atoms with E-state index in [9.17, 15) is 4.79 Å². The maximum atomic E-state index is 11.6. The number of fused-ring (bicyclic) bond motifs is 1. The minimum atomic E-state index is -0.298. The molecule has 0 aliphatic heterocycles. The monoisotopic (exact) mass is 203 g/mol. The molecular formula is C12H13NO2. The van der Waals surface area contributed by atoms with Gasteiger partial charge in [-0.15, -0.1) is 0 Å². The van der Waals surface area contributed by atoms with Gasteiger partial charge in [-0.05, 0) is 25.5 Å². The quantitative estimate of drug-likeness (QED) is 0.762. The van der Waals surface area contributed by atoms with Gasteiger partial charge in [0.2, 0.25) is 0 Å². The Morgan fingerprint density at radius 3 is 2.80 bits per heavy atom. The first-order chi connectivity index (χ1) is 7.24. The summed E-state index contributed by atoms with van der Waals surface area (Å²) in [7, 11) is 0. The Bertz CT molecular complexity index is 543. The highest BCUT2D eigenvalue weighted by Crippen LogP contribution is 2.21. The van der Waals surface area contributed by atoms with Crippen molar-refractivity contribution in [3.8, 4) is 0 Å². The van der Waals surface area contributed by atoms with Crippen LogP contribution in [-0.4, -0.2) is 6.54 Å². The van der Waals surface area contributed by atoms with Crippen LogP contribution in [0.2, 0.25) is 0 Å². The van der Waals surface area contributed by atoms with Crippen LogP contribution in [0.25, 0.3) is 11.0 Å². The smallest absolute Gasteiger partial charge is 0.360 e. The van der Waals surface area contributed by atoms with Crippen molar-refractivity contribution in [2.24, 2.45) is 0 Å². The SMILES string of the molecule is CCNc1c(C)c2ccccc2oc1=O. The van der Waals surface area contributed by atoms with E-state index in [0.29, 0.717) is 17.8 Å². The lowest BCUT2D eigenvalue weighted by Crippen LogP contribution is -2.12. The molecule has 0 unspecified atom stereocenters. The first kappa shape index (κ1) is 9.77. The van der Waals surface area contributed by atoms with E-state index in [1.807, 2.05) is 32.0 Å². The van der Waals surface area contributed by atoms with Gasteiger partial charge in [-0.25, -0.2) is 4.79 Å². The maximum absolute atomic E-state index is 11.6. The number of para-hydroxylation sites is 1. The van der Waals surface area contributed by atoms with Gasteiger partial charge in [0.1, 0.15) is 11.3 Å². The Labute approximate surface area is 87.7 Å². The molecule has 1 aromatic heterocycles. The van der Waals surface area contributed by atoms with Gasteiger partial charge in [0.15, 0.2) is 0 Å². The summed E-state index contributed by atoms with van der Waals surface area (Å²) in [5, 5.41) is 4.01. The third-order valence-corrected chi connectivity index (χ3v) is 2.43. The van der Waals surface area contributed by atoms with E-state index in [0.717, 1.165) is 10.9 Å². The molecule has 0 amide bonds. The molecule has 0 aliphatic carbocycles. The molecule has 0 bridgehead atoms. The lowest BCUT2D eigenvalue weighted by atomic mass is 10.1. The first-order valence-electron chi connectivity index (χ1n) is 5.00. The van der Waals surface area contributed by atoms with Gasteiger partial charge < -0.3 is 9.73 Å². The average Bonchev–Trinajstić information content (AvgIpc) is 2.24. The molecule has 2 rings (SSSR count). The maximum Gasteiger partial charge on any atom is 0.360 e. The van der Waals surface area contributed by atoms with E-state index in [2.05, 4.69) is 5.32 Å². The highest BCUT2D eigenvalue weighted by Gasteiger charge is 2.08.